The minimum absolute atomic E-state index is 0.302. The van der Waals surface area contributed by atoms with Crippen LogP contribution >= 0.6 is 15.9 Å². The van der Waals surface area contributed by atoms with E-state index in [1.807, 2.05) is 13.8 Å². The predicted molar refractivity (Wildman–Crippen MR) is 73.7 cm³/mol. The number of carbonyl (C=O) groups excluding carboxylic acids is 1. The lowest BCUT2D eigenvalue weighted by atomic mass is 10.1. The van der Waals surface area contributed by atoms with Crippen LogP contribution in [0.4, 0.5) is 5.69 Å². The molecule has 5 nitrogen and oxygen atoms in total. The first kappa shape index (κ1) is 12.6. The van der Waals surface area contributed by atoms with E-state index in [-0.39, 0.29) is 0 Å². The van der Waals surface area contributed by atoms with Gasteiger partial charge in [0.1, 0.15) is 0 Å². The first-order valence-electron chi connectivity index (χ1n) is 5.33. The maximum Gasteiger partial charge on any atom is 0.250 e. The maximum atomic E-state index is 11.3. The van der Waals surface area contributed by atoms with Crippen molar-refractivity contribution in [3.05, 3.63) is 39.6 Å². The molecule has 4 N–H and O–H groups in total. The van der Waals surface area contributed by atoms with Crippen LogP contribution in [0.2, 0.25) is 0 Å². The molecule has 0 saturated heterocycles. The molecular weight excluding hydrogens is 296 g/mol. The van der Waals surface area contributed by atoms with Crippen LogP contribution < -0.4 is 11.5 Å². The van der Waals surface area contributed by atoms with Gasteiger partial charge in [-0.25, -0.2) is 4.68 Å². The number of rotatable bonds is 2. The van der Waals surface area contributed by atoms with E-state index in [0.29, 0.717) is 11.3 Å². The summed E-state index contributed by atoms with van der Waals surface area (Å²) in [5, 5.41) is 4.39. The van der Waals surface area contributed by atoms with Gasteiger partial charge in [0.05, 0.1) is 27.1 Å². The van der Waals surface area contributed by atoms with Gasteiger partial charge in [-0.3, -0.25) is 4.79 Å². The number of halogens is 1. The van der Waals surface area contributed by atoms with Gasteiger partial charge in [-0.2, -0.15) is 5.10 Å². The SMILES string of the molecule is Cc1nn(-c2ccc(N)c(C(N)=O)c2)c(C)c1Br. The zero-order chi connectivity index (χ0) is 13.4. The highest BCUT2D eigenvalue weighted by atomic mass is 79.9. The number of nitrogen functional groups attached to an aromatic ring is 1. The molecule has 1 aromatic heterocycles. The summed E-state index contributed by atoms with van der Waals surface area (Å²) in [5.41, 5.74) is 14.2. The van der Waals surface area contributed by atoms with Crippen molar-refractivity contribution in [2.75, 3.05) is 5.73 Å². The average Bonchev–Trinajstić information content (AvgIpc) is 2.57. The summed E-state index contributed by atoms with van der Waals surface area (Å²) in [6, 6.07) is 5.09. The van der Waals surface area contributed by atoms with Crippen molar-refractivity contribution in [1.82, 2.24) is 9.78 Å². The van der Waals surface area contributed by atoms with E-state index in [9.17, 15) is 4.79 Å². The Bertz CT molecular complexity index is 633. The predicted octanol–water partition coefficient (Wildman–Crippen LogP) is 1.93. The number of hydrogen-bond donors (Lipinski definition) is 2. The molecule has 1 heterocycles. The Hall–Kier alpha value is -1.82. The summed E-state index contributed by atoms with van der Waals surface area (Å²) < 4.78 is 2.69. The van der Waals surface area contributed by atoms with Crippen molar-refractivity contribution in [2.45, 2.75) is 13.8 Å². The summed E-state index contributed by atoms with van der Waals surface area (Å²) in [6.07, 6.45) is 0. The van der Waals surface area contributed by atoms with Gasteiger partial charge in [-0.1, -0.05) is 0 Å². The zero-order valence-corrected chi connectivity index (χ0v) is 11.7. The second-order valence-corrected chi connectivity index (χ2v) is 4.83. The molecule has 0 radical (unpaired) electrons. The number of benzene rings is 1. The monoisotopic (exact) mass is 308 g/mol. The number of primary amides is 1. The minimum atomic E-state index is -0.546. The molecule has 0 aliphatic carbocycles. The Kier molecular flexibility index (Phi) is 3.13. The van der Waals surface area contributed by atoms with Gasteiger partial charge in [0.2, 0.25) is 0 Å². The quantitative estimate of drug-likeness (QED) is 0.831. The highest BCUT2D eigenvalue weighted by Crippen LogP contribution is 2.24. The van der Waals surface area contributed by atoms with E-state index in [1.54, 1.807) is 22.9 Å². The van der Waals surface area contributed by atoms with E-state index >= 15 is 0 Å². The fourth-order valence-corrected chi connectivity index (χ4v) is 2.01. The molecule has 6 heteroatoms. The van der Waals surface area contributed by atoms with Gasteiger partial charge < -0.3 is 11.5 Å². The normalized spacial score (nSPS) is 10.6. The van der Waals surface area contributed by atoms with Crippen molar-refractivity contribution < 1.29 is 4.79 Å². The number of anilines is 1. The Labute approximate surface area is 113 Å². The molecule has 0 aliphatic rings. The molecule has 2 aromatic rings. The van der Waals surface area contributed by atoms with Crippen LogP contribution in [-0.4, -0.2) is 15.7 Å². The second-order valence-electron chi connectivity index (χ2n) is 4.03. The molecule has 0 saturated carbocycles. The van der Waals surface area contributed by atoms with E-state index < -0.39 is 5.91 Å². The molecule has 1 aromatic carbocycles. The highest BCUT2D eigenvalue weighted by molar-refractivity contribution is 9.10. The first-order chi connectivity index (χ1) is 8.41. The van der Waals surface area contributed by atoms with Crippen molar-refractivity contribution in [3.63, 3.8) is 0 Å². The van der Waals surface area contributed by atoms with Crippen LogP contribution in [0.5, 0.6) is 0 Å². The van der Waals surface area contributed by atoms with Gasteiger partial charge >= 0.3 is 0 Å². The molecule has 0 aliphatic heterocycles. The summed E-state index contributed by atoms with van der Waals surface area (Å²) in [7, 11) is 0. The topological polar surface area (TPSA) is 86.9 Å². The Morgan fingerprint density at radius 1 is 1.39 bits per heavy atom. The van der Waals surface area contributed by atoms with E-state index in [1.165, 1.54) is 0 Å². The van der Waals surface area contributed by atoms with Crippen molar-refractivity contribution in [1.29, 1.82) is 0 Å². The third-order valence-corrected chi connectivity index (χ3v) is 3.90. The van der Waals surface area contributed by atoms with E-state index in [2.05, 4.69) is 21.0 Å². The largest absolute Gasteiger partial charge is 0.398 e. The molecule has 0 atom stereocenters. The van der Waals surface area contributed by atoms with E-state index in [4.69, 9.17) is 11.5 Å². The molecule has 2 rings (SSSR count). The summed E-state index contributed by atoms with van der Waals surface area (Å²) in [6.45, 7) is 3.84. The van der Waals surface area contributed by atoms with Gasteiger partial charge in [0, 0.05) is 5.69 Å². The van der Waals surface area contributed by atoms with Crippen LogP contribution in [0.1, 0.15) is 21.7 Å². The first-order valence-corrected chi connectivity index (χ1v) is 6.12. The molecule has 0 fully saturated rings. The third-order valence-electron chi connectivity index (χ3n) is 2.75. The Morgan fingerprint density at radius 3 is 2.56 bits per heavy atom. The van der Waals surface area contributed by atoms with Gasteiger partial charge in [0.15, 0.2) is 0 Å². The lowest BCUT2D eigenvalue weighted by Gasteiger charge is -2.08. The highest BCUT2D eigenvalue weighted by Gasteiger charge is 2.13. The lowest BCUT2D eigenvalue weighted by molar-refractivity contribution is 0.100. The summed E-state index contributed by atoms with van der Waals surface area (Å²) in [5.74, 6) is -0.546. The molecule has 0 spiro atoms. The number of nitrogens with zero attached hydrogens (tertiary/aromatic N) is 2. The molecule has 94 valence electrons. The van der Waals surface area contributed by atoms with Crippen LogP contribution in [-0.2, 0) is 0 Å². The molecular formula is C12H13BrN4O. The molecule has 0 bridgehead atoms. The lowest BCUT2D eigenvalue weighted by Crippen LogP contribution is -2.14. The fraction of sp³-hybridized carbons (Fsp3) is 0.167. The molecule has 18 heavy (non-hydrogen) atoms. The Balaban J connectivity index is 2.61. The third kappa shape index (κ3) is 1.99. The number of aryl methyl sites for hydroxylation is 1. The van der Waals surface area contributed by atoms with Crippen LogP contribution in [0.25, 0.3) is 5.69 Å². The van der Waals surface area contributed by atoms with Gasteiger partial charge in [0.25, 0.3) is 5.91 Å². The Morgan fingerprint density at radius 2 is 2.06 bits per heavy atom. The molecule has 1 amide bonds. The maximum absolute atomic E-state index is 11.3. The summed E-state index contributed by atoms with van der Waals surface area (Å²) >= 11 is 3.46. The van der Waals surface area contributed by atoms with Gasteiger partial charge in [-0.15, -0.1) is 0 Å². The smallest absolute Gasteiger partial charge is 0.250 e. The number of carbonyl (C=O) groups is 1. The summed E-state index contributed by atoms with van der Waals surface area (Å²) in [4.78, 5) is 11.3. The van der Waals surface area contributed by atoms with Crippen LogP contribution in [0, 0.1) is 13.8 Å². The average molecular weight is 309 g/mol. The minimum Gasteiger partial charge on any atom is -0.398 e. The van der Waals surface area contributed by atoms with Crippen molar-refractivity contribution >= 4 is 27.5 Å². The zero-order valence-electron chi connectivity index (χ0n) is 10.1. The number of hydrogen-bond acceptors (Lipinski definition) is 3. The van der Waals surface area contributed by atoms with Gasteiger partial charge in [-0.05, 0) is 48.0 Å². The standard InChI is InChI=1S/C12H13BrN4O/c1-6-11(13)7(2)17(16-6)8-3-4-10(14)9(5-8)12(15)18/h3-5H,14H2,1-2H3,(H2,15,18). The van der Waals surface area contributed by atoms with Crippen LogP contribution in [0.3, 0.4) is 0 Å². The second kappa shape index (κ2) is 4.45. The number of amides is 1. The molecule has 0 unspecified atom stereocenters. The fourth-order valence-electron chi connectivity index (χ4n) is 1.76. The van der Waals surface area contributed by atoms with Crippen molar-refractivity contribution in [3.8, 4) is 5.69 Å². The van der Waals surface area contributed by atoms with Crippen LogP contribution in [0.15, 0.2) is 22.7 Å². The van der Waals surface area contributed by atoms with Crippen molar-refractivity contribution in [2.24, 2.45) is 5.73 Å². The number of aromatic nitrogens is 2. The van der Waals surface area contributed by atoms with E-state index in [0.717, 1.165) is 21.5 Å². The number of nitrogens with two attached hydrogens (primary N) is 2.